The first-order valence-electron chi connectivity index (χ1n) is 2.66. The molecule has 0 aromatic heterocycles. The fraction of sp³-hybridized carbons (Fsp3) is 0.400. The van der Waals surface area contributed by atoms with Crippen LogP contribution in [-0.4, -0.2) is 20.1 Å². The van der Waals surface area contributed by atoms with E-state index in [2.05, 4.69) is 15.6 Å². The normalized spacial score (nSPS) is 10.8. The first-order valence-corrected chi connectivity index (χ1v) is 2.66. The van der Waals surface area contributed by atoms with Gasteiger partial charge in [-0.1, -0.05) is 0 Å². The van der Waals surface area contributed by atoms with Crippen LogP contribution in [0.2, 0.25) is 0 Å². The van der Waals surface area contributed by atoms with E-state index < -0.39 is 0 Å². The zero-order valence-electron chi connectivity index (χ0n) is 5.46. The van der Waals surface area contributed by atoms with Gasteiger partial charge in [0.2, 0.25) is 0 Å². The van der Waals surface area contributed by atoms with Gasteiger partial charge in [0, 0.05) is 19.4 Å². The summed E-state index contributed by atoms with van der Waals surface area (Å²) in [6.45, 7) is 0.644. The molecule has 0 aromatic rings. The van der Waals surface area contributed by atoms with E-state index in [9.17, 15) is 0 Å². The molecule has 0 saturated carbocycles. The molecule has 4 heteroatoms. The lowest BCUT2D eigenvalue weighted by Gasteiger charge is -1.96. The van der Waals surface area contributed by atoms with Crippen LogP contribution in [0, 0.1) is 0 Å². The lowest BCUT2D eigenvalue weighted by Crippen LogP contribution is -2.23. The van der Waals surface area contributed by atoms with Crippen molar-refractivity contribution in [1.82, 2.24) is 10.6 Å². The van der Waals surface area contributed by atoms with Gasteiger partial charge in [-0.2, -0.15) is 0 Å². The Morgan fingerprint density at radius 2 is 2.33 bits per heavy atom. The van der Waals surface area contributed by atoms with Gasteiger partial charge in [0.05, 0.1) is 13.0 Å². The molecule has 0 amide bonds. The molecule has 0 radical (unpaired) electrons. The molecule has 0 aliphatic carbocycles. The maximum absolute atomic E-state index is 5.04. The molecule has 0 aliphatic rings. The summed E-state index contributed by atoms with van der Waals surface area (Å²) in [5.41, 5.74) is 5.04. The van der Waals surface area contributed by atoms with Crippen molar-refractivity contribution < 1.29 is 0 Å². The maximum atomic E-state index is 5.04. The second-order valence-electron chi connectivity index (χ2n) is 1.33. The molecule has 0 aromatic carbocycles. The van der Waals surface area contributed by atoms with Crippen LogP contribution in [0.4, 0.5) is 0 Å². The average Bonchev–Trinajstić information content (AvgIpc) is 1.89. The Balaban J connectivity index is 2.91. The first kappa shape index (κ1) is 7.81. The van der Waals surface area contributed by atoms with Crippen LogP contribution in [0.5, 0.6) is 0 Å². The van der Waals surface area contributed by atoms with E-state index in [4.69, 9.17) is 5.73 Å². The minimum absolute atomic E-state index is 0.644. The quantitative estimate of drug-likeness (QED) is 0.201. The molecule has 0 heterocycles. The van der Waals surface area contributed by atoms with Crippen LogP contribution >= 0.6 is 0 Å². The highest BCUT2D eigenvalue weighted by molar-refractivity contribution is 5.53. The number of hydrogen-bond acceptors (Lipinski definition) is 3. The van der Waals surface area contributed by atoms with Crippen LogP contribution in [0.25, 0.3) is 0 Å². The standard InChI is InChI=1S/C5H12N4/c1-7-4-9-5-8-3-2-6/h2-4,8H,5-6H2,1H3,(H,7,9)/b3-2+. The summed E-state index contributed by atoms with van der Waals surface area (Å²) in [6, 6.07) is 0. The monoisotopic (exact) mass is 128 g/mol. The largest absolute Gasteiger partial charge is 0.403 e. The fourth-order valence-corrected chi connectivity index (χ4v) is 0.323. The highest BCUT2D eigenvalue weighted by Crippen LogP contribution is 1.52. The summed E-state index contributed by atoms with van der Waals surface area (Å²) in [6.07, 6.45) is 4.69. The SMILES string of the molecule is CN=CNCN/C=C/N. The van der Waals surface area contributed by atoms with Crippen molar-refractivity contribution in [2.45, 2.75) is 0 Å². The number of rotatable bonds is 4. The number of nitrogens with two attached hydrogens (primary N) is 1. The van der Waals surface area contributed by atoms with E-state index in [0.717, 1.165) is 0 Å². The third kappa shape index (κ3) is 6.81. The van der Waals surface area contributed by atoms with Crippen LogP contribution in [0.3, 0.4) is 0 Å². The first-order chi connectivity index (χ1) is 4.41. The van der Waals surface area contributed by atoms with Crippen molar-refractivity contribution in [1.29, 1.82) is 0 Å². The van der Waals surface area contributed by atoms with Crippen molar-refractivity contribution in [3.8, 4) is 0 Å². The number of hydrogen-bond donors (Lipinski definition) is 3. The second-order valence-corrected chi connectivity index (χ2v) is 1.33. The minimum atomic E-state index is 0.644. The molecule has 9 heavy (non-hydrogen) atoms. The van der Waals surface area contributed by atoms with Gasteiger partial charge in [-0.05, 0) is 0 Å². The van der Waals surface area contributed by atoms with Gasteiger partial charge in [0.15, 0.2) is 0 Å². The molecule has 52 valence electrons. The minimum Gasteiger partial charge on any atom is -0.403 e. The summed E-state index contributed by atoms with van der Waals surface area (Å²) < 4.78 is 0. The topological polar surface area (TPSA) is 62.4 Å². The van der Waals surface area contributed by atoms with Crippen molar-refractivity contribution in [2.75, 3.05) is 13.7 Å². The van der Waals surface area contributed by atoms with Crippen LogP contribution in [-0.2, 0) is 0 Å². The molecule has 0 saturated heterocycles. The van der Waals surface area contributed by atoms with Gasteiger partial charge in [-0.3, -0.25) is 4.99 Å². The van der Waals surface area contributed by atoms with Gasteiger partial charge in [-0.15, -0.1) is 0 Å². The Bertz CT molecular complexity index is 85.1. The Hall–Kier alpha value is -1.19. The third-order valence-electron chi connectivity index (χ3n) is 0.639. The van der Waals surface area contributed by atoms with Gasteiger partial charge in [0.25, 0.3) is 0 Å². The molecule has 0 bridgehead atoms. The average molecular weight is 128 g/mol. The van der Waals surface area contributed by atoms with Crippen molar-refractivity contribution in [2.24, 2.45) is 10.7 Å². The number of aliphatic imine (C=N–C) groups is 1. The summed E-state index contributed by atoms with van der Waals surface area (Å²) in [5.74, 6) is 0. The van der Waals surface area contributed by atoms with Crippen molar-refractivity contribution in [3.63, 3.8) is 0 Å². The summed E-state index contributed by atoms with van der Waals surface area (Å²) in [5, 5.41) is 5.72. The molecule has 0 atom stereocenters. The van der Waals surface area contributed by atoms with Crippen molar-refractivity contribution in [3.05, 3.63) is 12.4 Å². The van der Waals surface area contributed by atoms with Crippen LogP contribution in [0.15, 0.2) is 17.4 Å². The predicted octanol–water partition coefficient (Wildman–Crippen LogP) is -0.789. The molecule has 0 unspecified atom stereocenters. The van der Waals surface area contributed by atoms with E-state index in [-0.39, 0.29) is 0 Å². The molecule has 4 N–H and O–H groups in total. The van der Waals surface area contributed by atoms with Crippen LogP contribution in [0.1, 0.15) is 0 Å². The smallest absolute Gasteiger partial charge is 0.0852 e. The van der Waals surface area contributed by atoms with Gasteiger partial charge >= 0.3 is 0 Å². The third-order valence-corrected chi connectivity index (χ3v) is 0.639. The summed E-state index contributed by atoms with van der Waals surface area (Å²) in [4.78, 5) is 3.70. The Labute approximate surface area is 54.8 Å². The molecular formula is C5H12N4. The van der Waals surface area contributed by atoms with Gasteiger partial charge < -0.3 is 16.4 Å². The Kier molecular flexibility index (Phi) is 5.91. The summed E-state index contributed by atoms with van der Waals surface area (Å²) in [7, 11) is 1.70. The highest BCUT2D eigenvalue weighted by atomic mass is 15.1. The van der Waals surface area contributed by atoms with E-state index in [1.807, 2.05) is 0 Å². The zero-order valence-corrected chi connectivity index (χ0v) is 5.46. The molecule has 0 spiro atoms. The molecule has 4 nitrogen and oxygen atoms in total. The molecule has 0 fully saturated rings. The van der Waals surface area contributed by atoms with E-state index in [0.29, 0.717) is 6.67 Å². The number of nitrogens with zero attached hydrogens (tertiary/aromatic N) is 1. The fourth-order valence-electron chi connectivity index (χ4n) is 0.323. The lowest BCUT2D eigenvalue weighted by atomic mass is 10.8. The van der Waals surface area contributed by atoms with Gasteiger partial charge in [-0.25, -0.2) is 0 Å². The van der Waals surface area contributed by atoms with E-state index >= 15 is 0 Å². The van der Waals surface area contributed by atoms with E-state index in [1.165, 1.54) is 6.20 Å². The van der Waals surface area contributed by atoms with Gasteiger partial charge in [0.1, 0.15) is 0 Å². The summed E-state index contributed by atoms with van der Waals surface area (Å²) >= 11 is 0. The predicted molar refractivity (Wildman–Crippen MR) is 38.9 cm³/mol. The zero-order chi connectivity index (χ0) is 6.95. The maximum Gasteiger partial charge on any atom is 0.0852 e. The number of nitrogens with one attached hydrogen (secondary N) is 2. The molecular weight excluding hydrogens is 116 g/mol. The molecule has 0 rings (SSSR count). The highest BCUT2D eigenvalue weighted by Gasteiger charge is 1.69. The lowest BCUT2D eigenvalue weighted by molar-refractivity contribution is 0.806. The van der Waals surface area contributed by atoms with Crippen molar-refractivity contribution >= 4 is 6.34 Å². The molecule has 0 aliphatic heterocycles. The van der Waals surface area contributed by atoms with Crippen LogP contribution < -0.4 is 16.4 Å². The van der Waals surface area contributed by atoms with E-state index in [1.54, 1.807) is 19.6 Å². The Morgan fingerprint density at radius 3 is 2.89 bits per heavy atom. The Morgan fingerprint density at radius 1 is 1.56 bits per heavy atom. The second kappa shape index (κ2) is 6.81.